The lowest BCUT2D eigenvalue weighted by Crippen LogP contribution is -2.28. The van der Waals surface area contributed by atoms with Gasteiger partial charge in [-0.05, 0) is 19.9 Å². The van der Waals surface area contributed by atoms with Crippen molar-refractivity contribution in [3.8, 4) is 0 Å². The summed E-state index contributed by atoms with van der Waals surface area (Å²) < 4.78 is 4.87. The Balaban J connectivity index is 2.19. The number of carbonyl (C=O) groups is 1. The van der Waals surface area contributed by atoms with Crippen molar-refractivity contribution in [2.75, 3.05) is 11.9 Å². The first kappa shape index (κ1) is 13.8. The molecule has 0 aliphatic carbocycles. The standard InChI is InChI=1S/C12H14N4O4/c1-3-20-11(17)7(2)13-12-14-9-5-4-8(16(18)19)6-10(9)15-12/h4-7H,3H2,1-2H3,(H2,13,14,15). The van der Waals surface area contributed by atoms with Gasteiger partial charge < -0.3 is 15.0 Å². The third kappa shape index (κ3) is 2.85. The number of esters is 1. The van der Waals surface area contributed by atoms with Gasteiger partial charge in [-0.15, -0.1) is 0 Å². The van der Waals surface area contributed by atoms with Crippen LogP contribution in [0, 0.1) is 10.1 Å². The number of benzene rings is 1. The maximum absolute atomic E-state index is 11.5. The Labute approximate surface area is 114 Å². The zero-order valence-electron chi connectivity index (χ0n) is 11.0. The molecule has 0 aliphatic rings. The maximum atomic E-state index is 11.5. The first-order valence-electron chi connectivity index (χ1n) is 6.08. The van der Waals surface area contributed by atoms with Gasteiger partial charge >= 0.3 is 5.97 Å². The number of H-pyrrole nitrogens is 1. The second kappa shape index (κ2) is 5.55. The van der Waals surface area contributed by atoms with Gasteiger partial charge in [0.05, 0.1) is 22.6 Å². The third-order valence-electron chi connectivity index (χ3n) is 2.67. The quantitative estimate of drug-likeness (QED) is 0.490. The average molecular weight is 278 g/mol. The van der Waals surface area contributed by atoms with E-state index in [1.54, 1.807) is 19.9 Å². The summed E-state index contributed by atoms with van der Waals surface area (Å²) in [5, 5.41) is 13.5. The van der Waals surface area contributed by atoms with Crippen molar-refractivity contribution in [3.05, 3.63) is 28.3 Å². The van der Waals surface area contributed by atoms with Gasteiger partial charge in [-0.2, -0.15) is 0 Å². The molecule has 2 N–H and O–H groups in total. The van der Waals surface area contributed by atoms with Crippen molar-refractivity contribution in [1.82, 2.24) is 9.97 Å². The molecular formula is C12H14N4O4. The second-order valence-corrected chi connectivity index (χ2v) is 4.16. The Hall–Kier alpha value is -2.64. The van der Waals surface area contributed by atoms with Crippen LogP contribution in [0.5, 0.6) is 0 Å². The monoisotopic (exact) mass is 278 g/mol. The van der Waals surface area contributed by atoms with E-state index in [0.717, 1.165) is 0 Å². The van der Waals surface area contributed by atoms with Crippen LogP contribution in [0.3, 0.4) is 0 Å². The summed E-state index contributed by atoms with van der Waals surface area (Å²) in [4.78, 5) is 28.8. The molecule has 1 atom stereocenters. The molecule has 0 fully saturated rings. The first-order chi connectivity index (χ1) is 9.51. The minimum atomic E-state index is -0.564. The summed E-state index contributed by atoms with van der Waals surface area (Å²) in [7, 11) is 0. The highest BCUT2D eigenvalue weighted by molar-refractivity contribution is 5.82. The highest BCUT2D eigenvalue weighted by Crippen LogP contribution is 2.20. The fourth-order valence-corrected chi connectivity index (χ4v) is 1.71. The molecule has 8 nitrogen and oxygen atoms in total. The molecule has 0 spiro atoms. The van der Waals surface area contributed by atoms with Crippen LogP contribution in [0.1, 0.15) is 13.8 Å². The predicted molar refractivity (Wildman–Crippen MR) is 72.5 cm³/mol. The van der Waals surface area contributed by atoms with Gasteiger partial charge in [-0.1, -0.05) is 0 Å². The highest BCUT2D eigenvalue weighted by Gasteiger charge is 2.16. The second-order valence-electron chi connectivity index (χ2n) is 4.16. The van der Waals surface area contributed by atoms with Gasteiger partial charge in [0, 0.05) is 12.1 Å². The summed E-state index contributed by atoms with van der Waals surface area (Å²) >= 11 is 0. The predicted octanol–water partition coefficient (Wildman–Crippen LogP) is 1.83. The molecule has 1 unspecified atom stereocenters. The van der Waals surface area contributed by atoms with E-state index in [1.165, 1.54) is 12.1 Å². The molecule has 2 rings (SSSR count). The fourth-order valence-electron chi connectivity index (χ4n) is 1.71. The van der Waals surface area contributed by atoms with Crippen molar-refractivity contribution in [2.24, 2.45) is 0 Å². The molecule has 1 aromatic carbocycles. The summed E-state index contributed by atoms with van der Waals surface area (Å²) in [5.41, 5.74) is 1.08. The number of aromatic amines is 1. The molecule has 0 amide bonds. The van der Waals surface area contributed by atoms with Crippen molar-refractivity contribution in [2.45, 2.75) is 19.9 Å². The zero-order chi connectivity index (χ0) is 14.7. The molecule has 1 aromatic heterocycles. The number of aromatic nitrogens is 2. The molecule has 20 heavy (non-hydrogen) atoms. The lowest BCUT2D eigenvalue weighted by atomic mass is 10.3. The number of hydrogen-bond acceptors (Lipinski definition) is 6. The fraction of sp³-hybridized carbons (Fsp3) is 0.333. The number of nitrogens with one attached hydrogen (secondary N) is 2. The van der Waals surface area contributed by atoms with Gasteiger partial charge in [-0.25, -0.2) is 9.78 Å². The molecule has 1 heterocycles. The molecule has 106 valence electrons. The number of nitro benzene ring substituents is 1. The van der Waals surface area contributed by atoms with E-state index in [4.69, 9.17) is 4.74 Å². The smallest absolute Gasteiger partial charge is 0.328 e. The van der Waals surface area contributed by atoms with Crippen molar-refractivity contribution < 1.29 is 14.5 Å². The van der Waals surface area contributed by atoms with Crippen LogP contribution < -0.4 is 5.32 Å². The minimum Gasteiger partial charge on any atom is -0.464 e. The van der Waals surface area contributed by atoms with Crippen molar-refractivity contribution in [3.63, 3.8) is 0 Å². The Bertz CT molecular complexity index is 652. The number of nitro groups is 1. The summed E-state index contributed by atoms with van der Waals surface area (Å²) in [6, 6.07) is 3.75. The van der Waals surface area contributed by atoms with Gasteiger partial charge in [-0.3, -0.25) is 10.1 Å². The number of rotatable bonds is 5. The number of hydrogen-bond donors (Lipinski definition) is 2. The number of carbonyl (C=O) groups excluding carboxylic acids is 1. The van der Waals surface area contributed by atoms with Crippen LogP contribution in [0.4, 0.5) is 11.6 Å². The number of nitrogens with zero attached hydrogens (tertiary/aromatic N) is 2. The van der Waals surface area contributed by atoms with Crippen LogP contribution >= 0.6 is 0 Å². The van der Waals surface area contributed by atoms with Gasteiger partial charge in [0.2, 0.25) is 5.95 Å². The topological polar surface area (TPSA) is 110 Å². The number of imidazole rings is 1. The molecule has 0 radical (unpaired) electrons. The number of non-ortho nitro benzene ring substituents is 1. The molecule has 2 aromatic rings. The molecular weight excluding hydrogens is 264 g/mol. The Morgan fingerprint density at radius 1 is 1.60 bits per heavy atom. The number of fused-ring (bicyclic) bond motifs is 1. The molecule has 8 heteroatoms. The van der Waals surface area contributed by atoms with Gasteiger partial charge in [0.25, 0.3) is 5.69 Å². The first-order valence-corrected chi connectivity index (χ1v) is 6.08. The normalized spacial score (nSPS) is 12.1. The van der Waals surface area contributed by atoms with Crippen LogP contribution in [0.15, 0.2) is 18.2 Å². The van der Waals surface area contributed by atoms with E-state index < -0.39 is 11.0 Å². The van der Waals surface area contributed by atoms with E-state index >= 15 is 0 Å². The van der Waals surface area contributed by atoms with Crippen molar-refractivity contribution in [1.29, 1.82) is 0 Å². The minimum absolute atomic E-state index is 0.0221. The summed E-state index contributed by atoms with van der Waals surface area (Å²) in [6.45, 7) is 3.68. The average Bonchev–Trinajstić information content (AvgIpc) is 2.79. The number of ether oxygens (including phenoxy) is 1. The Morgan fingerprint density at radius 2 is 2.35 bits per heavy atom. The molecule has 0 bridgehead atoms. The Morgan fingerprint density at radius 3 is 3.00 bits per heavy atom. The van der Waals surface area contributed by atoms with Crippen LogP contribution in [-0.4, -0.2) is 33.5 Å². The third-order valence-corrected chi connectivity index (χ3v) is 2.67. The molecule has 0 saturated carbocycles. The van der Waals surface area contributed by atoms with E-state index in [-0.39, 0.29) is 11.7 Å². The highest BCUT2D eigenvalue weighted by atomic mass is 16.6. The van der Waals surface area contributed by atoms with Gasteiger partial charge in [0.1, 0.15) is 6.04 Å². The van der Waals surface area contributed by atoms with E-state index in [1.807, 2.05) is 0 Å². The summed E-state index contributed by atoms with van der Waals surface area (Å²) in [5.74, 6) is -0.0278. The van der Waals surface area contributed by atoms with Crippen LogP contribution in [0.2, 0.25) is 0 Å². The van der Waals surface area contributed by atoms with Gasteiger partial charge in [0.15, 0.2) is 0 Å². The SMILES string of the molecule is CCOC(=O)C(C)Nc1nc2ccc([N+](=O)[O-])cc2[nH]1. The van der Waals surface area contributed by atoms with Crippen LogP contribution in [0.25, 0.3) is 11.0 Å². The molecule has 0 aliphatic heterocycles. The maximum Gasteiger partial charge on any atom is 0.328 e. The van der Waals surface area contributed by atoms with Crippen LogP contribution in [-0.2, 0) is 9.53 Å². The lowest BCUT2D eigenvalue weighted by molar-refractivity contribution is -0.384. The number of anilines is 1. The van der Waals surface area contributed by atoms with E-state index in [9.17, 15) is 14.9 Å². The Kier molecular flexibility index (Phi) is 3.83. The summed E-state index contributed by atoms with van der Waals surface area (Å²) in [6.07, 6.45) is 0. The lowest BCUT2D eigenvalue weighted by Gasteiger charge is -2.10. The van der Waals surface area contributed by atoms with E-state index in [2.05, 4.69) is 15.3 Å². The van der Waals surface area contributed by atoms with E-state index in [0.29, 0.717) is 23.6 Å². The largest absolute Gasteiger partial charge is 0.464 e. The van der Waals surface area contributed by atoms with Crippen molar-refractivity contribution >= 4 is 28.6 Å². The zero-order valence-corrected chi connectivity index (χ0v) is 11.0. The molecule has 0 saturated heterocycles.